The minimum atomic E-state index is 0.478. The third kappa shape index (κ3) is 4.01. The van der Waals surface area contributed by atoms with Crippen LogP contribution in [0.5, 0.6) is 0 Å². The first-order chi connectivity index (χ1) is 14.8. The van der Waals surface area contributed by atoms with Gasteiger partial charge in [0.15, 0.2) is 10.6 Å². The van der Waals surface area contributed by atoms with Crippen LogP contribution in [0.1, 0.15) is 56.0 Å². The highest BCUT2D eigenvalue weighted by Gasteiger charge is 2.26. The monoisotopic (exact) mass is 418 g/mol. The summed E-state index contributed by atoms with van der Waals surface area (Å²) in [6, 6.07) is 21.9. The van der Waals surface area contributed by atoms with E-state index in [0.29, 0.717) is 12.0 Å². The lowest BCUT2D eigenvalue weighted by Gasteiger charge is -2.24. The molecular weight excluding hydrogens is 388 g/mol. The Labute approximate surface area is 184 Å². The first kappa shape index (κ1) is 19.7. The summed E-state index contributed by atoms with van der Waals surface area (Å²) < 4.78 is 5.30. The zero-order valence-electron chi connectivity index (χ0n) is 17.5. The maximum absolute atomic E-state index is 5.99. The van der Waals surface area contributed by atoms with Crippen molar-refractivity contribution in [3.8, 4) is 11.4 Å². The Kier molecular flexibility index (Phi) is 5.82. The van der Waals surface area contributed by atoms with Crippen molar-refractivity contribution < 1.29 is 0 Å². The zero-order chi connectivity index (χ0) is 20.3. The summed E-state index contributed by atoms with van der Waals surface area (Å²) in [5, 5.41) is 5.05. The predicted molar refractivity (Wildman–Crippen MR) is 124 cm³/mol. The van der Waals surface area contributed by atoms with Gasteiger partial charge in [-0.1, -0.05) is 79.9 Å². The van der Waals surface area contributed by atoms with Crippen LogP contribution in [0.4, 0.5) is 0 Å². The van der Waals surface area contributed by atoms with Crippen LogP contribution in [0.3, 0.4) is 0 Å². The number of benzene rings is 2. The molecule has 0 bridgehead atoms. The molecule has 2 heterocycles. The molecule has 2 aliphatic rings. The Morgan fingerprint density at radius 1 is 0.867 bits per heavy atom. The highest BCUT2D eigenvalue weighted by Crippen LogP contribution is 2.33. The molecule has 1 saturated carbocycles. The molecule has 156 valence electrons. The van der Waals surface area contributed by atoms with Crippen LogP contribution < -0.4 is 0 Å². The molecule has 5 heteroatoms. The molecule has 3 aromatic rings. The minimum Gasteiger partial charge on any atom is -0.297 e. The van der Waals surface area contributed by atoms with E-state index in [-0.39, 0.29) is 0 Å². The van der Waals surface area contributed by atoms with E-state index in [1.807, 2.05) is 0 Å². The largest absolute Gasteiger partial charge is 0.297 e. The fourth-order valence-electron chi connectivity index (χ4n) is 5.11. The van der Waals surface area contributed by atoms with E-state index in [2.05, 4.69) is 74.8 Å². The number of aromatic nitrogens is 3. The smallest absolute Gasteiger partial charge is 0.199 e. The minimum absolute atomic E-state index is 0.478. The van der Waals surface area contributed by atoms with Crippen molar-refractivity contribution in [2.75, 3.05) is 13.1 Å². The molecule has 1 atom stereocenters. The highest BCUT2D eigenvalue weighted by atomic mass is 32.1. The highest BCUT2D eigenvalue weighted by molar-refractivity contribution is 7.71. The molecule has 1 aliphatic carbocycles. The second-order valence-corrected chi connectivity index (χ2v) is 9.11. The van der Waals surface area contributed by atoms with Gasteiger partial charge in [-0.05, 0) is 43.0 Å². The van der Waals surface area contributed by atoms with Gasteiger partial charge in [0, 0.05) is 24.7 Å². The number of rotatable bonds is 5. The first-order valence-corrected chi connectivity index (χ1v) is 11.7. The molecule has 1 aromatic heterocycles. The van der Waals surface area contributed by atoms with E-state index < -0.39 is 0 Å². The summed E-state index contributed by atoms with van der Waals surface area (Å²) in [7, 11) is 0. The van der Waals surface area contributed by atoms with Crippen molar-refractivity contribution in [2.45, 2.75) is 57.2 Å². The van der Waals surface area contributed by atoms with Gasteiger partial charge in [-0.2, -0.15) is 5.10 Å². The van der Waals surface area contributed by atoms with Gasteiger partial charge in [0.25, 0.3) is 0 Å². The average molecular weight is 419 g/mol. The predicted octanol–water partition coefficient (Wildman–Crippen LogP) is 6.03. The molecule has 1 aliphatic heterocycles. The van der Waals surface area contributed by atoms with Crippen molar-refractivity contribution in [3.05, 3.63) is 71.0 Å². The molecule has 5 rings (SSSR count). The van der Waals surface area contributed by atoms with Crippen LogP contribution in [-0.4, -0.2) is 32.3 Å². The van der Waals surface area contributed by atoms with Crippen LogP contribution >= 0.6 is 12.2 Å². The Balaban J connectivity index is 1.42. The Bertz CT molecular complexity index is 1020. The Morgan fingerprint density at radius 2 is 1.57 bits per heavy atom. The average Bonchev–Trinajstić information content (AvgIpc) is 3.41. The quantitative estimate of drug-likeness (QED) is 0.473. The van der Waals surface area contributed by atoms with Gasteiger partial charge in [0.05, 0.1) is 6.67 Å². The fourth-order valence-corrected chi connectivity index (χ4v) is 5.45. The van der Waals surface area contributed by atoms with Crippen molar-refractivity contribution in [3.63, 3.8) is 0 Å². The molecule has 0 spiro atoms. The standard InChI is InChI=1S/C25H30N4S/c30-25-28(19-27-17-16-22(18-27)20-10-4-1-5-11-20)26-24(21-12-6-2-7-13-21)29(25)23-14-8-3-9-15-23/h1-2,4-7,10-13,22-23H,3,8-9,14-19H2. The molecule has 30 heavy (non-hydrogen) atoms. The van der Waals surface area contributed by atoms with Gasteiger partial charge in [-0.25, -0.2) is 4.68 Å². The van der Waals surface area contributed by atoms with Crippen LogP contribution in [0, 0.1) is 4.77 Å². The molecule has 0 radical (unpaired) electrons. The zero-order valence-corrected chi connectivity index (χ0v) is 18.3. The van der Waals surface area contributed by atoms with Gasteiger partial charge in [-0.3, -0.25) is 9.47 Å². The molecule has 0 amide bonds. The van der Waals surface area contributed by atoms with Crippen LogP contribution in [0.25, 0.3) is 11.4 Å². The number of hydrogen-bond acceptors (Lipinski definition) is 3. The topological polar surface area (TPSA) is 26.0 Å². The van der Waals surface area contributed by atoms with Crippen LogP contribution in [-0.2, 0) is 6.67 Å². The normalized spacial score (nSPS) is 20.6. The lowest BCUT2D eigenvalue weighted by atomic mass is 9.95. The molecular formula is C25H30N4S. The molecule has 1 saturated heterocycles. The van der Waals surface area contributed by atoms with Crippen molar-refractivity contribution in [1.82, 2.24) is 19.2 Å². The maximum atomic E-state index is 5.99. The number of hydrogen-bond donors (Lipinski definition) is 0. The second-order valence-electron chi connectivity index (χ2n) is 8.75. The van der Waals surface area contributed by atoms with E-state index in [9.17, 15) is 0 Å². The Hall–Kier alpha value is -2.24. The summed E-state index contributed by atoms with van der Waals surface area (Å²) in [6.07, 6.45) is 7.53. The third-order valence-corrected chi connectivity index (χ3v) is 7.13. The molecule has 1 unspecified atom stereocenters. The van der Waals surface area contributed by atoms with Gasteiger partial charge in [0.2, 0.25) is 0 Å². The van der Waals surface area contributed by atoms with Crippen molar-refractivity contribution in [1.29, 1.82) is 0 Å². The fraction of sp³-hybridized carbons (Fsp3) is 0.440. The SMILES string of the molecule is S=c1n(CN2CCC(c3ccccc3)C2)nc(-c2ccccc2)n1C1CCCCC1. The lowest BCUT2D eigenvalue weighted by molar-refractivity contribution is 0.248. The summed E-state index contributed by atoms with van der Waals surface area (Å²) in [4.78, 5) is 2.50. The third-order valence-electron chi connectivity index (χ3n) is 6.72. The van der Waals surface area contributed by atoms with Gasteiger partial charge < -0.3 is 0 Å². The number of nitrogens with zero attached hydrogens (tertiary/aromatic N) is 4. The van der Waals surface area contributed by atoms with Gasteiger partial charge >= 0.3 is 0 Å². The first-order valence-electron chi connectivity index (χ1n) is 11.3. The van der Waals surface area contributed by atoms with Crippen LogP contribution in [0.15, 0.2) is 60.7 Å². The summed E-state index contributed by atoms with van der Waals surface area (Å²) in [6.45, 7) is 2.95. The maximum Gasteiger partial charge on any atom is 0.199 e. The molecule has 4 nitrogen and oxygen atoms in total. The van der Waals surface area contributed by atoms with Crippen molar-refractivity contribution >= 4 is 12.2 Å². The molecule has 2 aromatic carbocycles. The van der Waals surface area contributed by atoms with E-state index in [4.69, 9.17) is 17.3 Å². The summed E-state index contributed by atoms with van der Waals surface area (Å²) in [5.74, 6) is 1.64. The second kappa shape index (κ2) is 8.86. The van der Waals surface area contributed by atoms with Crippen LogP contribution in [0.2, 0.25) is 0 Å². The van der Waals surface area contributed by atoms with Gasteiger partial charge in [-0.15, -0.1) is 0 Å². The Morgan fingerprint density at radius 3 is 2.30 bits per heavy atom. The summed E-state index contributed by atoms with van der Waals surface area (Å²) >= 11 is 5.99. The molecule has 0 N–H and O–H groups in total. The van der Waals surface area contributed by atoms with Gasteiger partial charge in [0.1, 0.15) is 0 Å². The molecule has 2 fully saturated rings. The lowest BCUT2D eigenvalue weighted by Crippen LogP contribution is -2.25. The number of likely N-dealkylation sites (tertiary alicyclic amines) is 1. The van der Waals surface area contributed by atoms with Crippen molar-refractivity contribution in [2.24, 2.45) is 0 Å². The summed E-state index contributed by atoms with van der Waals surface area (Å²) in [5.41, 5.74) is 2.61. The van der Waals surface area contributed by atoms with E-state index in [1.54, 1.807) is 0 Å². The van der Waals surface area contributed by atoms with E-state index in [0.717, 1.165) is 35.9 Å². The van der Waals surface area contributed by atoms with E-state index >= 15 is 0 Å². The van der Waals surface area contributed by atoms with E-state index in [1.165, 1.54) is 44.1 Å².